The zero-order valence-electron chi connectivity index (χ0n) is 10.1. The molecule has 0 amide bonds. The van der Waals surface area contributed by atoms with Crippen LogP contribution in [0.15, 0.2) is 35.1 Å². The Hall–Kier alpha value is -1.78. The SMILES string of the molecule is Cn1c(-c2ccc(Cl)c(Cl)c2)ccc(C(=N)N)c1=O. The Morgan fingerprint density at radius 2 is 1.89 bits per heavy atom. The molecule has 4 nitrogen and oxygen atoms in total. The first-order chi connectivity index (χ1) is 8.91. The van der Waals surface area contributed by atoms with Gasteiger partial charge in [0.2, 0.25) is 0 Å². The fraction of sp³-hybridized carbons (Fsp3) is 0.0769. The second-order valence-corrected chi connectivity index (χ2v) is 4.85. The Morgan fingerprint density at radius 1 is 1.21 bits per heavy atom. The molecule has 0 fully saturated rings. The number of nitrogens with two attached hydrogens (primary N) is 1. The molecule has 19 heavy (non-hydrogen) atoms. The Morgan fingerprint density at radius 3 is 2.47 bits per heavy atom. The summed E-state index contributed by atoms with van der Waals surface area (Å²) in [5.74, 6) is -0.249. The highest BCUT2D eigenvalue weighted by atomic mass is 35.5. The van der Waals surface area contributed by atoms with Crippen LogP contribution in [0.4, 0.5) is 0 Å². The van der Waals surface area contributed by atoms with E-state index in [-0.39, 0.29) is 17.0 Å². The van der Waals surface area contributed by atoms with Gasteiger partial charge in [-0.25, -0.2) is 0 Å². The lowest BCUT2D eigenvalue weighted by molar-refractivity contribution is 0.866. The summed E-state index contributed by atoms with van der Waals surface area (Å²) < 4.78 is 1.43. The standard InChI is InChI=1S/C13H11Cl2N3O/c1-18-11(5-3-8(12(16)17)13(18)19)7-2-4-9(14)10(15)6-7/h2-6H,1H3,(H3,16,17). The third kappa shape index (κ3) is 2.50. The minimum atomic E-state index is -0.323. The Balaban J connectivity index is 2.64. The molecule has 2 aromatic rings. The van der Waals surface area contributed by atoms with Gasteiger partial charge in [-0.1, -0.05) is 29.3 Å². The van der Waals surface area contributed by atoms with E-state index in [9.17, 15) is 4.79 Å². The summed E-state index contributed by atoms with van der Waals surface area (Å²) in [5, 5.41) is 8.21. The molecule has 0 unspecified atom stereocenters. The van der Waals surface area contributed by atoms with Crippen LogP contribution in [0, 0.1) is 5.41 Å². The molecule has 3 N–H and O–H groups in total. The van der Waals surface area contributed by atoms with Crippen molar-refractivity contribution < 1.29 is 0 Å². The van der Waals surface area contributed by atoms with Crippen molar-refractivity contribution >= 4 is 29.0 Å². The van der Waals surface area contributed by atoms with Crippen LogP contribution in [0.1, 0.15) is 5.56 Å². The van der Waals surface area contributed by atoms with Gasteiger partial charge in [0, 0.05) is 7.05 Å². The number of nitrogen functional groups attached to an aromatic ring is 1. The second-order valence-electron chi connectivity index (χ2n) is 4.04. The van der Waals surface area contributed by atoms with Crippen LogP contribution in [0.2, 0.25) is 10.0 Å². The summed E-state index contributed by atoms with van der Waals surface area (Å²) in [7, 11) is 1.62. The zero-order chi connectivity index (χ0) is 14.2. The highest BCUT2D eigenvalue weighted by molar-refractivity contribution is 6.42. The lowest BCUT2D eigenvalue weighted by Crippen LogP contribution is -2.28. The summed E-state index contributed by atoms with van der Waals surface area (Å²) in [6.45, 7) is 0. The van der Waals surface area contributed by atoms with E-state index in [1.54, 1.807) is 31.3 Å². The van der Waals surface area contributed by atoms with Crippen molar-refractivity contribution in [2.75, 3.05) is 0 Å². The first-order valence-electron chi connectivity index (χ1n) is 5.41. The number of benzene rings is 1. The lowest BCUT2D eigenvalue weighted by atomic mass is 10.1. The fourth-order valence-electron chi connectivity index (χ4n) is 1.79. The first-order valence-corrected chi connectivity index (χ1v) is 6.17. The molecule has 6 heteroatoms. The van der Waals surface area contributed by atoms with E-state index < -0.39 is 0 Å². The maximum atomic E-state index is 12.0. The van der Waals surface area contributed by atoms with Gasteiger partial charge in [-0.15, -0.1) is 0 Å². The number of rotatable bonds is 2. The van der Waals surface area contributed by atoms with Gasteiger partial charge in [0.1, 0.15) is 5.84 Å². The quantitative estimate of drug-likeness (QED) is 0.660. The monoisotopic (exact) mass is 295 g/mol. The molecule has 0 atom stereocenters. The molecule has 0 spiro atoms. The van der Waals surface area contributed by atoms with Crippen LogP contribution < -0.4 is 11.3 Å². The Kier molecular flexibility index (Phi) is 3.64. The number of halogens is 2. The predicted molar refractivity (Wildman–Crippen MR) is 78.2 cm³/mol. The molecule has 0 saturated heterocycles. The number of amidine groups is 1. The third-order valence-electron chi connectivity index (χ3n) is 2.81. The Labute approximate surface area is 119 Å². The molecule has 0 radical (unpaired) electrons. The molecule has 0 aliphatic heterocycles. The van der Waals surface area contributed by atoms with E-state index in [4.69, 9.17) is 34.3 Å². The highest BCUT2D eigenvalue weighted by Gasteiger charge is 2.10. The highest BCUT2D eigenvalue weighted by Crippen LogP contribution is 2.27. The van der Waals surface area contributed by atoms with Gasteiger partial charge in [0.05, 0.1) is 21.3 Å². The molecule has 98 valence electrons. The van der Waals surface area contributed by atoms with Gasteiger partial charge in [0.25, 0.3) is 5.56 Å². The number of hydrogen-bond acceptors (Lipinski definition) is 2. The van der Waals surface area contributed by atoms with E-state index >= 15 is 0 Å². The average molecular weight is 296 g/mol. The second kappa shape index (κ2) is 5.07. The summed E-state index contributed by atoms with van der Waals surface area (Å²) in [6, 6.07) is 8.38. The van der Waals surface area contributed by atoms with Crippen molar-refractivity contribution in [3.63, 3.8) is 0 Å². The molecule has 0 bridgehead atoms. The van der Waals surface area contributed by atoms with Crippen molar-refractivity contribution in [3.05, 3.63) is 56.3 Å². The molecule has 0 aliphatic carbocycles. The van der Waals surface area contributed by atoms with Crippen molar-refractivity contribution in [2.45, 2.75) is 0 Å². The number of pyridine rings is 1. The molecule has 0 aliphatic rings. The van der Waals surface area contributed by atoms with E-state index in [2.05, 4.69) is 0 Å². The van der Waals surface area contributed by atoms with Crippen molar-refractivity contribution in [3.8, 4) is 11.3 Å². The zero-order valence-corrected chi connectivity index (χ0v) is 11.6. The van der Waals surface area contributed by atoms with Crippen LogP contribution in [0.5, 0.6) is 0 Å². The minimum absolute atomic E-state index is 0.173. The summed E-state index contributed by atoms with van der Waals surface area (Å²) in [4.78, 5) is 12.0. The van der Waals surface area contributed by atoms with Gasteiger partial charge in [-0.05, 0) is 29.8 Å². The number of nitrogens with one attached hydrogen (secondary N) is 1. The van der Waals surface area contributed by atoms with Crippen molar-refractivity contribution in [2.24, 2.45) is 12.8 Å². The maximum Gasteiger partial charge on any atom is 0.261 e. The maximum absolute atomic E-state index is 12.0. The first kappa shape index (κ1) is 13.6. The van der Waals surface area contributed by atoms with Crippen molar-refractivity contribution in [1.29, 1.82) is 5.41 Å². The van der Waals surface area contributed by atoms with Gasteiger partial charge in [-0.2, -0.15) is 0 Å². The Bertz CT molecular complexity index is 722. The third-order valence-corrected chi connectivity index (χ3v) is 3.55. The summed E-state index contributed by atoms with van der Waals surface area (Å²) in [6.07, 6.45) is 0. The molecular weight excluding hydrogens is 285 g/mol. The lowest BCUT2D eigenvalue weighted by Gasteiger charge is -2.10. The molecular formula is C13H11Cl2N3O. The normalized spacial score (nSPS) is 10.5. The number of nitrogens with zero attached hydrogens (tertiary/aromatic N) is 1. The average Bonchev–Trinajstić information content (AvgIpc) is 2.36. The van der Waals surface area contributed by atoms with E-state index in [1.807, 2.05) is 0 Å². The minimum Gasteiger partial charge on any atom is -0.384 e. The number of aromatic nitrogens is 1. The fourth-order valence-corrected chi connectivity index (χ4v) is 2.08. The molecule has 1 aromatic heterocycles. The smallest absolute Gasteiger partial charge is 0.261 e. The van der Waals surface area contributed by atoms with Gasteiger partial charge in [-0.3, -0.25) is 10.2 Å². The van der Waals surface area contributed by atoms with Gasteiger partial charge < -0.3 is 10.3 Å². The van der Waals surface area contributed by atoms with Crippen LogP contribution in [0.3, 0.4) is 0 Å². The summed E-state index contributed by atoms with van der Waals surface area (Å²) >= 11 is 11.8. The van der Waals surface area contributed by atoms with Gasteiger partial charge in [0.15, 0.2) is 0 Å². The molecule has 1 aromatic carbocycles. The van der Waals surface area contributed by atoms with Crippen LogP contribution in [-0.2, 0) is 7.05 Å². The van der Waals surface area contributed by atoms with Crippen LogP contribution in [-0.4, -0.2) is 10.4 Å². The topological polar surface area (TPSA) is 71.9 Å². The van der Waals surface area contributed by atoms with Crippen molar-refractivity contribution in [1.82, 2.24) is 4.57 Å². The molecule has 0 saturated carbocycles. The molecule has 2 rings (SSSR count). The predicted octanol–water partition coefficient (Wildman–Crippen LogP) is 2.64. The van der Waals surface area contributed by atoms with E-state index in [1.165, 1.54) is 10.6 Å². The largest absolute Gasteiger partial charge is 0.384 e. The van der Waals surface area contributed by atoms with Crippen LogP contribution >= 0.6 is 23.2 Å². The van der Waals surface area contributed by atoms with Crippen LogP contribution in [0.25, 0.3) is 11.3 Å². The number of hydrogen-bond donors (Lipinski definition) is 2. The van der Waals surface area contributed by atoms with E-state index in [0.29, 0.717) is 15.7 Å². The van der Waals surface area contributed by atoms with Gasteiger partial charge >= 0.3 is 0 Å². The summed E-state index contributed by atoms with van der Waals surface area (Å²) in [5.41, 5.74) is 6.64. The molecule has 1 heterocycles. The van der Waals surface area contributed by atoms with E-state index in [0.717, 1.165) is 5.56 Å².